The number of benzene rings is 1. The number of nitrogens with one attached hydrogen (secondary N) is 1. The van der Waals surface area contributed by atoms with Crippen LogP contribution in [0.4, 0.5) is 4.39 Å². The zero-order valence-electron chi connectivity index (χ0n) is 10.7. The van der Waals surface area contributed by atoms with Gasteiger partial charge in [-0.3, -0.25) is 0 Å². The monoisotopic (exact) mass is 271 g/mol. The summed E-state index contributed by atoms with van der Waals surface area (Å²) in [6, 6.07) is 5.53. The van der Waals surface area contributed by atoms with Gasteiger partial charge in [-0.2, -0.15) is 0 Å². The van der Waals surface area contributed by atoms with E-state index in [1.54, 1.807) is 18.2 Å². The van der Waals surface area contributed by atoms with Crippen molar-refractivity contribution >= 4 is 11.6 Å². The van der Waals surface area contributed by atoms with Crippen molar-refractivity contribution in [2.75, 3.05) is 13.2 Å². The Morgan fingerprint density at radius 3 is 3.00 bits per heavy atom. The topological polar surface area (TPSA) is 21.3 Å². The van der Waals surface area contributed by atoms with Gasteiger partial charge in [0.1, 0.15) is 5.82 Å². The molecule has 0 aliphatic carbocycles. The van der Waals surface area contributed by atoms with Crippen LogP contribution in [0.15, 0.2) is 18.2 Å². The fraction of sp³-hybridized carbons (Fsp3) is 0.571. The highest BCUT2D eigenvalue weighted by Gasteiger charge is 2.31. The lowest BCUT2D eigenvalue weighted by Gasteiger charge is -2.21. The summed E-state index contributed by atoms with van der Waals surface area (Å²) in [5.74, 6) is -0.0408. The highest BCUT2D eigenvalue weighted by atomic mass is 35.5. The van der Waals surface area contributed by atoms with Crippen molar-refractivity contribution in [2.24, 2.45) is 5.92 Å². The smallest absolute Gasteiger partial charge is 0.147 e. The van der Waals surface area contributed by atoms with Gasteiger partial charge in [0.25, 0.3) is 0 Å². The first-order valence-electron chi connectivity index (χ1n) is 6.38. The van der Waals surface area contributed by atoms with Gasteiger partial charge in [0, 0.05) is 30.7 Å². The van der Waals surface area contributed by atoms with E-state index in [1.807, 2.05) is 0 Å². The van der Waals surface area contributed by atoms with Crippen LogP contribution in [-0.4, -0.2) is 19.2 Å². The van der Waals surface area contributed by atoms with Crippen LogP contribution in [0.25, 0.3) is 0 Å². The molecule has 1 fully saturated rings. The fourth-order valence-corrected chi connectivity index (χ4v) is 2.50. The molecular formula is C14H19ClFNO. The lowest BCUT2D eigenvalue weighted by atomic mass is 9.94. The maximum atomic E-state index is 14.0. The van der Waals surface area contributed by atoms with E-state index in [2.05, 4.69) is 19.2 Å². The van der Waals surface area contributed by atoms with E-state index >= 15 is 0 Å². The minimum absolute atomic E-state index is 0.165. The summed E-state index contributed by atoms with van der Waals surface area (Å²) in [4.78, 5) is 0. The molecule has 0 bridgehead atoms. The lowest BCUT2D eigenvalue weighted by Crippen LogP contribution is -2.30. The number of hydrogen-bond acceptors (Lipinski definition) is 2. The Balaban J connectivity index is 2.13. The second kappa shape index (κ2) is 6.00. The Hall–Kier alpha value is -0.640. The maximum Gasteiger partial charge on any atom is 0.147 e. The van der Waals surface area contributed by atoms with Crippen LogP contribution in [0.1, 0.15) is 31.9 Å². The van der Waals surface area contributed by atoms with Crippen molar-refractivity contribution in [1.29, 1.82) is 0 Å². The average Bonchev–Trinajstić information content (AvgIpc) is 2.78. The van der Waals surface area contributed by atoms with Gasteiger partial charge in [-0.15, -0.1) is 0 Å². The Morgan fingerprint density at radius 1 is 1.50 bits per heavy atom. The van der Waals surface area contributed by atoms with E-state index in [0.717, 1.165) is 13.0 Å². The van der Waals surface area contributed by atoms with E-state index in [1.165, 1.54) is 0 Å². The van der Waals surface area contributed by atoms with Gasteiger partial charge in [-0.05, 0) is 12.5 Å². The van der Waals surface area contributed by atoms with Crippen LogP contribution in [-0.2, 0) is 4.74 Å². The summed E-state index contributed by atoms with van der Waals surface area (Å²) in [5, 5.41) is 3.55. The third-order valence-corrected chi connectivity index (χ3v) is 3.58. The van der Waals surface area contributed by atoms with E-state index < -0.39 is 0 Å². The molecule has 2 rings (SSSR count). The summed E-state index contributed by atoms with van der Waals surface area (Å²) < 4.78 is 19.7. The Kier molecular flexibility index (Phi) is 4.60. The van der Waals surface area contributed by atoms with Gasteiger partial charge in [0.2, 0.25) is 0 Å². The molecule has 0 amide bonds. The molecule has 0 spiro atoms. The summed E-state index contributed by atoms with van der Waals surface area (Å²) in [7, 11) is 0. The largest absolute Gasteiger partial charge is 0.373 e. The third-order valence-electron chi connectivity index (χ3n) is 3.29. The molecule has 1 saturated heterocycles. The minimum Gasteiger partial charge on any atom is -0.373 e. The average molecular weight is 272 g/mol. The molecular weight excluding hydrogens is 253 g/mol. The van der Waals surface area contributed by atoms with Crippen LogP contribution in [0.5, 0.6) is 0 Å². The van der Waals surface area contributed by atoms with Crippen molar-refractivity contribution in [3.63, 3.8) is 0 Å². The minimum atomic E-state index is -0.347. The molecule has 0 aromatic heterocycles. The summed E-state index contributed by atoms with van der Waals surface area (Å²) in [6.07, 6.45) is 0.769. The van der Waals surface area contributed by atoms with Crippen LogP contribution in [0.3, 0.4) is 0 Å². The van der Waals surface area contributed by atoms with Crippen molar-refractivity contribution in [3.8, 4) is 0 Å². The van der Waals surface area contributed by atoms with Crippen molar-refractivity contribution in [3.05, 3.63) is 34.6 Å². The molecule has 18 heavy (non-hydrogen) atoms. The standard InChI is InChI=1S/C14H19ClFNO/c1-9(2)17-8-10-6-7-18-14(10)11-4-3-5-12(15)13(11)16/h3-5,9-10,14,17H,6-8H2,1-2H3. The molecule has 0 saturated carbocycles. The zero-order valence-corrected chi connectivity index (χ0v) is 11.5. The van der Waals surface area contributed by atoms with Gasteiger partial charge in [0.05, 0.1) is 11.1 Å². The Bertz CT molecular complexity index is 411. The van der Waals surface area contributed by atoms with E-state index in [9.17, 15) is 4.39 Å². The predicted molar refractivity (Wildman–Crippen MR) is 71.3 cm³/mol. The molecule has 1 N–H and O–H groups in total. The SMILES string of the molecule is CC(C)NCC1CCOC1c1cccc(Cl)c1F. The zero-order chi connectivity index (χ0) is 13.1. The van der Waals surface area contributed by atoms with Gasteiger partial charge in [-0.1, -0.05) is 37.6 Å². The fourth-order valence-electron chi connectivity index (χ4n) is 2.31. The van der Waals surface area contributed by atoms with Crippen LogP contribution in [0.2, 0.25) is 5.02 Å². The Morgan fingerprint density at radius 2 is 2.28 bits per heavy atom. The number of hydrogen-bond donors (Lipinski definition) is 1. The number of ether oxygens (including phenoxy) is 1. The van der Waals surface area contributed by atoms with Gasteiger partial charge >= 0.3 is 0 Å². The second-order valence-corrected chi connectivity index (χ2v) is 5.45. The third kappa shape index (κ3) is 3.02. The van der Waals surface area contributed by atoms with Crippen molar-refractivity contribution < 1.29 is 9.13 Å². The predicted octanol–water partition coefficient (Wildman–Crippen LogP) is 3.55. The van der Waals surface area contributed by atoms with Crippen LogP contribution < -0.4 is 5.32 Å². The molecule has 1 aromatic carbocycles. The highest BCUT2D eigenvalue weighted by molar-refractivity contribution is 6.30. The molecule has 2 atom stereocenters. The first-order chi connectivity index (χ1) is 8.59. The lowest BCUT2D eigenvalue weighted by molar-refractivity contribution is 0.0871. The molecule has 1 aliphatic heterocycles. The molecule has 0 radical (unpaired) electrons. The summed E-state index contributed by atoms with van der Waals surface area (Å²) in [6.45, 7) is 5.73. The van der Waals surface area contributed by atoms with E-state index in [4.69, 9.17) is 16.3 Å². The van der Waals surface area contributed by atoms with Crippen molar-refractivity contribution in [1.82, 2.24) is 5.32 Å². The van der Waals surface area contributed by atoms with Gasteiger partial charge < -0.3 is 10.1 Å². The summed E-state index contributed by atoms with van der Waals surface area (Å²) >= 11 is 5.82. The number of rotatable bonds is 4. The molecule has 2 nitrogen and oxygen atoms in total. The number of halogens is 2. The summed E-state index contributed by atoms with van der Waals surface area (Å²) in [5.41, 5.74) is 0.579. The molecule has 1 aliphatic rings. The molecule has 100 valence electrons. The van der Waals surface area contributed by atoms with E-state index in [-0.39, 0.29) is 16.9 Å². The van der Waals surface area contributed by atoms with Gasteiger partial charge in [0.15, 0.2) is 0 Å². The van der Waals surface area contributed by atoms with Crippen molar-refractivity contribution in [2.45, 2.75) is 32.4 Å². The van der Waals surface area contributed by atoms with Crippen LogP contribution >= 0.6 is 11.6 Å². The first kappa shape index (κ1) is 13.8. The Labute approximate surface area is 112 Å². The van der Waals surface area contributed by atoms with Gasteiger partial charge in [-0.25, -0.2) is 4.39 Å². The molecule has 1 aromatic rings. The maximum absolute atomic E-state index is 14.0. The normalized spacial score (nSPS) is 23.8. The highest BCUT2D eigenvalue weighted by Crippen LogP contribution is 2.36. The molecule has 4 heteroatoms. The molecule has 2 unspecified atom stereocenters. The quantitative estimate of drug-likeness (QED) is 0.904. The first-order valence-corrected chi connectivity index (χ1v) is 6.76. The second-order valence-electron chi connectivity index (χ2n) is 5.05. The van der Waals surface area contributed by atoms with Crippen LogP contribution in [0, 0.1) is 11.7 Å². The molecule has 1 heterocycles. The van der Waals surface area contributed by atoms with E-state index in [0.29, 0.717) is 24.1 Å².